The molecule has 0 bridgehead atoms. The molecule has 2 rings (SSSR count). The summed E-state index contributed by atoms with van der Waals surface area (Å²) in [5.41, 5.74) is 8.15. The fourth-order valence-electron chi connectivity index (χ4n) is 1.70. The molecular weight excluding hydrogens is 294 g/mol. The Bertz CT molecular complexity index is 493. The summed E-state index contributed by atoms with van der Waals surface area (Å²) in [4.78, 5) is 0. The van der Waals surface area contributed by atoms with Gasteiger partial charge in [0, 0.05) is 5.56 Å². The molecule has 96 valence electrons. The van der Waals surface area contributed by atoms with Gasteiger partial charge in [-0.1, -0.05) is 19.1 Å². The molecule has 2 N–H and O–H groups in total. The van der Waals surface area contributed by atoms with E-state index in [9.17, 15) is 0 Å². The molecule has 18 heavy (non-hydrogen) atoms. The first kappa shape index (κ1) is 13.2. The van der Waals surface area contributed by atoms with Crippen molar-refractivity contribution in [2.24, 2.45) is 5.73 Å². The van der Waals surface area contributed by atoms with Crippen LogP contribution < -0.4 is 10.5 Å². The van der Waals surface area contributed by atoms with Gasteiger partial charge in [-0.15, -0.1) is 0 Å². The molecule has 0 spiro atoms. The molecule has 0 aliphatic carbocycles. The molecule has 0 saturated heterocycles. The van der Waals surface area contributed by atoms with E-state index in [2.05, 4.69) is 22.9 Å². The number of ether oxygens (including phenoxy) is 1. The zero-order valence-corrected chi connectivity index (χ0v) is 11.8. The van der Waals surface area contributed by atoms with Crippen LogP contribution in [0.1, 0.15) is 30.5 Å². The van der Waals surface area contributed by atoms with Crippen molar-refractivity contribution >= 4 is 15.9 Å². The molecule has 1 heterocycles. The number of hydrogen-bond acceptors (Lipinski definition) is 3. The highest BCUT2D eigenvalue weighted by Crippen LogP contribution is 2.28. The largest absolute Gasteiger partial charge is 0.494 e. The lowest BCUT2D eigenvalue weighted by Crippen LogP contribution is -2.11. The summed E-state index contributed by atoms with van der Waals surface area (Å²) in [5.74, 6) is 0.874. The van der Waals surface area contributed by atoms with Crippen LogP contribution in [0, 0.1) is 0 Å². The Kier molecular flexibility index (Phi) is 4.44. The number of hydrogen-bond donors (Lipinski definition) is 1. The van der Waals surface area contributed by atoms with Gasteiger partial charge in [0.15, 0.2) is 4.67 Å². The SMILES string of the molecule is CCCOc1ccc(C(N)c2ccoc2Br)cc1. The van der Waals surface area contributed by atoms with E-state index in [4.69, 9.17) is 14.9 Å². The molecule has 1 unspecified atom stereocenters. The van der Waals surface area contributed by atoms with Gasteiger partial charge >= 0.3 is 0 Å². The van der Waals surface area contributed by atoms with Crippen LogP contribution in [0.5, 0.6) is 5.75 Å². The lowest BCUT2D eigenvalue weighted by atomic mass is 10.0. The quantitative estimate of drug-likeness (QED) is 0.911. The summed E-state index contributed by atoms with van der Waals surface area (Å²) in [5, 5.41) is 0. The molecule has 0 saturated carbocycles. The van der Waals surface area contributed by atoms with E-state index in [1.54, 1.807) is 6.26 Å². The molecule has 0 radical (unpaired) electrons. The van der Waals surface area contributed by atoms with Gasteiger partial charge in [-0.2, -0.15) is 0 Å². The number of furan rings is 1. The Morgan fingerprint density at radius 2 is 2.00 bits per heavy atom. The predicted molar refractivity (Wildman–Crippen MR) is 74.7 cm³/mol. The zero-order valence-electron chi connectivity index (χ0n) is 10.2. The lowest BCUT2D eigenvalue weighted by molar-refractivity contribution is 0.317. The van der Waals surface area contributed by atoms with Gasteiger partial charge in [-0.05, 0) is 46.1 Å². The summed E-state index contributed by atoms with van der Waals surface area (Å²) in [7, 11) is 0. The second-order valence-corrected chi connectivity index (χ2v) is 4.77. The monoisotopic (exact) mass is 309 g/mol. The number of nitrogens with two attached hydrogens (primary N) is 1. The van der Waals surface area contributed by atoms with Crippen LogP contribution in [0.3, 0.4) is 0 Å². The predicted octanol–water partition coefficient (Wildman–Crippen LogP) is 3.88. The molecule has 0 fully saturated rings. The minimum atomic E-state index is -0.196. The third kappa shape index (κ3) is 2.94. The minimum absolute atomic E-state index is 0.196. The van der Waals surface area contributed by atoms with E-state index in [0.717, 1.165) is 29.9 Å². The van der Waals surface area contributed by atoms with E-state index in [-0.39, 0.29) is 6.04 Å². The Hall–Kier alpha value is -1.26. The summed E-state index contributed by atoms with van der Waals surface area (Å²) in [6.07, 6.45) is 2.63. The Labute approximate surface area is 115 Å². The first-order valence-electron chi connectivity index (χ1n) is 5.93. The van der Waals surface area contributed by atoms with Crippen molar-refractivity contribution in [1.29, 1.82) is 0 Å². The van der Waals surface area contributed by atoms with E-state index < -0.39 is 0 Å². The van der Waals surface area contributed by atoms with Crippen molar-refractivity contribution in [3.05, 3.63) is 52.4 Å². The first-order chi connectivity index (χ1) is 8.72. The average Bonchev–Trinajstić information content (AvgIpc) is 2.82. The van der Waals surface area contributed by atoms with Crippen LogP contribution in [-0.4, -0.2) is 6.61 Å². The van der Waals surface area contributed by atoms with Gasteiger partial charge in [0.1, 0.15) is 5.75 Å². The average molecular weight is 310 g/mol. The van der Waals surface area contributed by atoms with Gasteiger partial charge < -0.3 is 14.9 Å². The first-order valence-corrected chi connectivity index (χ1v) is 6.73. The summed E-state index contributed by atoms with van der Waals surface area (Å²) in [6, 6.07) is 9.52. The normalized spacial score (nSPS) is 12.4. The van der Waals surface area contributed by atoms with E-state index in [1.807, 2.05) is 30.3 Å². The molecule has 0 amide bonds. The number of benzene rings is 1. The molecule has 2 aromatic rings. The molecule has 0 aliphatic rings. The number of halogens is 1. The molecular formula is C14H16BrNO2. The maximum Gasteiger partial charge on any atom is 0.174 e. The maximum absolute atomic E-state index is 6.18. The Balaban J connectivity index is 2.12. The third-order valence-corrected chi connectivity index (χ3v) is 3.34. The molecule has 1 aromatic carbocycles. The topological polar surface area (TPSA) is 48.4 Å². The molecule has 1 aromatic heterocycles. The van der Waals surface area contributed by atoms with Gasteiger partial charge in [0.2, 0.25) is 0 Å². The van der Waals surface area contributed by atoms with Gasteiger partial charge in [0.05, 0.1) is 18.9 Å². The highest BCUT2D eigenvalue weighted by molar-refractivity contribution is 9.10. The summed E-state index contributed by atoms with van der Waals surface area (Å²) in [6.45, 7) is 2.82. The lowest BCUT2D eigenvalue weighted by Gasteiger charge is -2.12. The van der Waals surface area contributed by atoms with Crippen molar-refractivity contribution in [3.63, 3.8) is 0 Å². The van der Waals surface area contributed by atoms with Crippen LogP contribution in [0.25, 0.3) is 0 Å². The van der Waals surface area contributed by atoms with Crippen LogP contribution in [0.4, 0.5) is 0 Å². The van der Waals surface area contributed by atoms with Crippen LogP contribution in [0.15, 0.2) is 45.7 Å². The summed E-state index contributed by atoms with van der Waals surface area (Å²) < 4.78 is 11.4. The number of rotatable bonds is 5. The van der Waals surface area contributed by atoms with E-state index >= 15 is 0 Å². The van der Waals surface area contributed by atoms with Crippen molar-refractivity contribution in [3.8, 4) is 5.75 Å². The van der Waals surface area contributed by atoms with Gasteiger partial charge in [-0.25, -0.2) is 0 Å². The van der Waals surface area contributed by atoms with Crippen LogP contribution >= 0.6 is 15.9 Å². The second kappa shape index (κ2) is 6.07. The van der Waals surface area contributed by atoms with Crippen molar-refractivity contribution in [2.45, 2.75) is 19.4 Å². The molecule has 1 atom stereocenters. The highest BCUT2D eigenvalue weighted by atomic mass is 79.9. The van der Waals surface area contributed by atoms with Crippen molar-refractivity contribution < 1.29 is 9.15 Å². The second-order valence-electron chi connectivity index (χ2n) is 4.04. The van der Waals surface area contributed by atoms with Crippen LogP contribution in [0.2, 0.25) is 0 Å². The zero-order chi connectivity index (χ0) is 13.0. The standard InChI is InChI=1S/C14H16BrNO2/c1-2-8-17-11-5-3-10(4-6-11)13(16)12-7-9-18-14(12)15/h3-7,9,13H,2,8,16H2,1H3. The highest BCUT2D eigenvalue weighted by Gasteiger charge is 2.14. The van der Waals surface area contributed by atoms with Gasteiger partial charge in [0.25, 0.3) is 0 Å². The third-order valence-electron chi connectivity index (χ3n) is 2.69. The summed E-state index contributed by atoms with van der Waals surface area (Å²) >= 11 is 3.34. The molecule has 0 aliphatic heterocycles. The fraction of sp³-hybridized carbons (Fsp3) is 0.286. The van der Waals surface area contributed by atoms with Crippen LogP contribution in [-0.2, 0) is 0 Å². The van der Waals surface area contributed by atoms with Crippen molar-refractivity contribution in [2.75, 3.05) is 6.61 Å². The Morgan fingerprint density at radius 3 is 2.56 bits per heavy atom. The van der Waals surface area contributed by atoms with E-state index in [1.165, 1.54) is 0 Å². The van der Waals surface area contributed by atoms with Gasteiger partial charge in [-0.3, -0.25) is 0 Å². The molecule has 4 heteroatoms. The maximum atomic E-state index is 6.18. The Morgan fingerprint density at radius 1 is 1.28 bits per heavy atom. The molecule has 3 nitrogen and oxygen atoms in total. The smallest absolute Gasteiger partial charge is 0.174 e. The minimum Gasteiger partial charge on any atom is -0.494 e. The van der Waals surface area contributed by atoms with Crippen molar-refractivity contribution in [1.82, 2.24) is 0 Å². The fourth-order valence-corrected chi connectivity index (χ4v) is 2.18. The van der Waals surface area contributed by atoms with E-state index in [0.29, 0.717) is 4.67 Å².